The Labute approximate surface area is 118 Å². The van der Waals surface area contributed by atoms with Crippen LogP contribution in [0.4, 0.5) is 0 Å². The number of nitrogens with two attached hydrogens (primary N) is 1. The lowest BCUT2D eigenvalue weighted by Gasteiger charge is -2.29. The summed E-state index contributed by atoms with van der Waals surface area (Å²) >= 11 is 0. The summed E-state index contributed by atoms with van der Waals surface area (Å²) in [5.41, 5.74) is 5.66. The van der Waals surface area contributed by atoms with Crippen LogP contribution in [0.2, 0.25) is 0 Å². The van der Waals surface area contributed by atoms with E-state index in [1.165, 1.54) is 38.6 Å². The van der Waals surface area contributed by atoms with Gasteiger partial charge in [0.05, 0.1) is 6.07 Å². The summed E-state index contributed by atoms with van der Waals surface area (Å²) in [6.07, 6.45) is 11.3. The van der Waals surface area contributed by atoms with Gasteiger partial charge in [0.25, 0.3) is 0 Å². The van der Waals surface area contributed by atoms with Crippen molar-refractivity contribution < 1.29 is 0 Å². The minimum Gasteiger partial charge on any atom is -0.313 e. The summed E-state index contributed by atoms with van der Waals surface area (Å²) in [6, 6.07) is 2.35. The van der Waals surface area contributed by atoms with Crippen LogP contribution in [0, 0.1) is 23.2 Å². The van der Waals surface area contributed by atoms with E-state index < -0.39 is 5.54 Å². The Morgan fingerprint density at radius 1 is 1.21 bits per heavy atom. The lowest BCUT2D eigenvalue weighted by atomic mass is 9.86. The topological polar surface area (TPSA) is 53.0 Å². The fourth-order valence-electron chi connectivity index (χ4n) is 3.93. The molecule has 19 heavy (non-hydrogen) atoms. The second kappa shape index (κ2) is 6.72. The minimum atomic E-state index is -0.536. The fourth-order valence-corrected chi connectivity index (χ4v) is 3.93. The van der Waals surface area contributed by atoms with Gasteiger partial charge in [-0.1, -0.05) is 25.7 Å². The smallest absolute Gasteiger partial charge is 0.107 e. The molecule has 2 fully saturated rings. The second-order valence-corrected chi connectivity index (χ2v) is 6.80. The molecule has 2 atom stereocenters. The first kappa shape index (κ1) is 14.8. The van der Waals surface area contributed by atoms with Crippen molar-refractivity contribution in [2.24, 2.45) is 17.6 Å². The lowest BCUT2D eigenvalue weighted by Crippen LogP contribution is -2.43. The molecule has 3 nitrogen and oxygen atoms in total. The van der Waals surface area contributed by atoms with Crippen molar-refractivity contribution in [1.29, 1.82) is 5.26 Å². The van der Waals surface area contributed by atoms with Gasteiger partial charge >= 0.3 is 0 Å². The zero-order valence-corrected chi connectivity index (χ0v) is 12.4. The van der Waals surface area contributed by atoms with Crippen LogP contribution in [0.25, 0.3) is 0 Å². The van der Waals surface area contributed by atoms with Crippen molar-refractivity contribution >= 4 is 0 Å². The van der Waals surface area contributed by atoms with E-state index in [1.54, 1.807) is 0 Å². The van der Waals surface area contributed by atoms with E-state index in [1.807, 2.05) is 0 Å². The van der Waals surface area contributed by atoms with E-state index in [4.69, 9.17) is 5.73 Å². The Balaban J connectivity index is 1.71. The van der Waals surface area contributed by atoms with Crippen molar-refractivity contribution in [3.05, 3.63) is 0 Å². The molecule has 2 aliphatic rings. The highest BCUT2D eigenvalue weighted by molar-refractivity contribution is 5.11. The SMILES string of the molecule is CN(CCC1CCCC1(N)C#N)CC1CCCCC1. The molecule has 2 rings (SSSR count). The molecule has 0 aromatic rings. The van der Waals surface area contributed by atoms with Gasteiger partial charge in [-0.25, -0.2) is 0 Å². The molecular formula is C16H29N3. The van der Waals surface area contributed by atoms with Crippen LogP contribution in [-0.2, 0) is 0 Å². The van der Waals surface area contributed by atoms with Gasteiger partial charge in [0, 0.05) is 6.54 Å². The van der Waals surface area contributed by atoms with Crippen LogP contribution >= 0.6 is 0 Å². The van der Waals surface area contributed by atoms with Gasteiger partial charge in [-0.15, -0.1) is 0 Å². The molecule has 2 aliphatic carbocycles. The van der Waals surface area contributed by atoms with Gasteiger partial charge in [-0.2, -0.15) is 5.26 Å². The second-order valence-electron chi connectivity index (χ2n) is 6.80. The highest BCUT2D eigenvalue weighted by Gasteiger charge is 2.39. The molecule has 0 bridgehead atoms. The maximum atomic E-state index is 9.23. The maximum Gasteiger partial charge on any atom is 0.107 e. The van der Waals surface area contributed by atoms with Gasteiger partial charge in [-0.05, 0) is 57.5 Å². The molecule has 108 valence electrons. The normalized spacial score (nSPS) is 32.6. The predicted molar refractivity (Wildman–Crippen MR) is 78.6 cm³/mol. The van der Waals surface area contributed by atoms with Crippen LogP contribution < -0.4 is 5.73 Å². The summed E-state index contributed by atoms with van der Waals surface area (Å²) in [4.78, 5) is 2.46. The van der Waals surface area contributed by atoms with Crippen molar-refractivity contribution in [3.63, 3.8) is 0 Å². The monoisotopic (exact) mass is 263 g/mol. The van der Waals surface area contributed by atoms with E-state index in [-0.39, 0.29) is 0 Å². The molecule has 0 saturated heterocycles. The maximum absolute atomic E-state index is 9.23. The van der Waals surface area contributed by atoms with Gasteiger partial charge in [0.1, 0.15) is 5.54 Å². The van der Waals surface area contributed by atoms with E-state index in [0.717, 1.165) is 38.1 Å². The average Bonchev–Trinajstić information content (AvgIpc) is 2.80. The summed E-state index contributed by atoms with van der Waals surface area (Å²) in [5.74, 6) is 1.31. The van der Waals surface area contributed by atoms with Gasteiger partial charge < -0.3 is 10.6 Å². The Morgan fingerprint density at radius 2 is 1.95 bits per heavy atom. The Kier molecular flexibility index (Phi) is 5.24. The Morgan fingerprint density at radius 3 is 2.63 bits per heavy atom. The summed E-state index contributed by atoms with van der Waals surface area (Å²) in [6.45, 7) is 2.33. The number of nitriles is 1. The molecule has 0 aliphatic heterocycles. The number of nitrogens with zero attached hydrogens (tertiary/aromatic N) is 2. The van der Waals surface area contributed by atoms with Crippen LogP contribution in [0.1, 0.15) is 57.8 Å². The van der Waals surface area contributed by atoms with Crippen molar-refractivity contribution in [1.82, 2.24) is 4.90 Å². The van der Waals surface area contributed by atoms with Crippen LogP contribution in [0.3, 0.4) is 0 Å². The molecule has 0 aromatic heterocycles. The number of hydrogen-bond donors (Lipinski definition) is 1. The third-order valence-corrected chi connectivity index (χ3v) is 5.23. The van der Waals surface area contributed by atoms with Crippen LogP contribution in [0.15, 0.2) is 0 Å². The molecule has 0 amide bonds. The van der Waals surface area contributed by atoms with Crippen molar-refractivity contribution in [3.8, 4) is 6.07 Å². The van der Waals surface area contributed by atoms with Crippen molar-refractivity contribution in [2.45, 2.75) is 63.3 Å². The molecule has 0 heterocycles. The zero-order valence-electron chi connectivity index (χ0n) is 12.4. The van der Waals surface area contributed by atoms with Gasteiger partial charge in [0.2, 0.25) is 0 Å². The molecule has 2 saturated carbocycles. The van der Waals surface area contributed by atoms with Crippen LogP contribution in [-0.4, -0.2) is 30.6 Å². The Hall–Kier alpha value is -0.590. The zero-order chi connectivity index (χ0) is 13.7. The van der Waals surface area contributed by atoms with Crippen molar-refractivity contribution in [2.75, 3.05) is 20.1 Å². The largest absolute Gasteiger partial charge is 0.313 e. The first-order chi connectivity index (χ1) is 9.14. The van der Waals surface area contributed by atoms with E-state index in [2.05, 4.69) is 18.0 Å². The van der Waals surface area contributed by atoms with E-state index in [0.29, 0.717) is 5.92 Å². The fraction of sp³-hybridized carbons (Fsp3) is 0.938. The van der Waals surface area contributed by atoms with Gasteiger partial charge in [0.15, 0.2) is 0 Å². The van der Waals surface area contributed by atoms with Crippen LogP contribution in [0.5, 0.6) is 0 Å². The molecule has 0 spiro atoms. The highest BCUT2D eigenvalue weighted by Crippen LogP contribution is 2.35. The summed E-state index contributed by atoms with van der Waals surface area (Å²) < 4.78 is 0. The minimum absolute atomic E-state index is 0.409. The number of hydrogen-bond acceptors (Lipinski definition) is 3. The van der Waals surface area contributed by atoms with E-state index >= 15 is 0 Å². The highest BCUT2D eigenvalue weighted by atomic mass is 15.1. The predicted octanol–water partition coefficient (Wildman–Crippen LogP) is 2.91. The standard InChI is InChI=1S/C16H29N3/c1-19(12-14-6-3-2-4-7-14)11-9-15-8-5-10-16(15,18)13-17/h14-15H,2-12,18H2,1H3. The Bertz CT molecular complexity index is 316. The van der Waals surface area contributed by atoms with E-state index in [9.17, 15) is 5.26 Å². The number of rotatable bonds is 5. The molecule has 2 unspecified atom stereocenters. The molecular weight excluding hydrogens is 234 g/mol. The first-order valence-electron chi connectivity index (χ1n) is 8.03. The third kappa shape index (κ3) is 3.94. The quantitative estimate of drug-likeness (QED) is 0.829. The lowest BCUT2D eigenvalue weighted by molar-refractivity contribution is 0.214. The summed E-state index contributed by atoms with van der Waals surface area (Å²) in [5, 5.41) is 9.23. The molecule has 3 heteroatoms. The average molecular weight is 263 g/mol. The molecule has 0 radical (unpaired) electrons. The molecule has 0 aromatic carbocycles. The third-order valence-electron chi connectivity index (χ3n) is 5.23. The molecule has 2 N–H and O–H groups in total. The first-order valence-corrected chi connectivity index (χ1v) is 8.03. The summed E-state index contributed by atoms with van der Waals surface area (Å²) in [7, 11) is 2.23. The van der Waals surface area contributed by atoms with Gasteiger partial charge in [-0.3, -0.25) is 0 Å².